The number of nitrogens with zero attached hydrogens (tertiary/aromatic N) is 1. The van der Waals surface area contributed by atoms with Gasteiger partial charge in [0.1, 0.15) is 0 Å². The zero-order valence-electron chi connectivity index (χ0n) is 12.3. The number of hydrogen-bond donors (Lipinski definition) is 1. The van der Waals surface area contributed by atoms with Crippen LogP contribution in [0.15, 0.2) is 72.8 Å². The molecule has 0 saturated carbocycles. The van der Waals surface area contributed by atoms with Crippen molar-refractivity contribution in [3.8, 4) is 0 Å². The van der Waals surface area contributed by atoms with Crippen LogP contribution in [0.2, 0.25) is 0 Å². The van der Waals surface area contributed by atoms with E-state index in [0.29, 0.717) is 0 Å². The van der Waals surface area contributed by atoms with Gasteiger partial charge in [-0.25, -0.2) is 0 Å². The predicted molar refractivity (Wildman–Crippen MR) is 112 cm³/mol. The first-order valence-electron chi connectivity index (χ1n) is 7.18. The fourth-order valence-electron chi connectivity index (χ4n) is 2.38. The second kappa shape index (κ2) is 7.63. The Labute approximate surface area is 163 Å². The quantitative estimate of drug-likeness (QED) is 0.430. The molecule has 0 aliphatic heterocycles. The van der Waals surface area contributed by atoms with Crippen LogP contribution >= 0.6 is 45.2 Å². The van der Waals surface area contributed by atoms with Gasteiger partial charge in [0.25, 0.3) is 0 Å². The van der Waals surface area contributed by atoms with Crippen LogP contribution in [0.1, 0.15) is 5.56 Å². The van der Waals surface area contributed by atoms with Gasteiger partial charge in [-0.3, -0.25) is 0 Å². The van der Waals surface area contributed by atoms with E-state index < -0.39 is 0 Å². The van der Waals surface area contributed by atoms with Crippen LogP contribution in [0.4, 0.5) is 17.1 Å². The fraction of sp³-hybridized carbons (Fsp3) is 0.0526. The summed E-state index contributed by atoms with van der Waals surface area (Å²) in [6.07, 6.45) is 0. The number of rotatable bonds is 4. The van der Waals surface area contributed by atoms with Gasteiger partial charge in [-0.05, 0) is 111 Å². The molecule has 0 fully saturated rings. The summed E-state index contributed by atoms with van der Waals surface area (Å²) in [5, 5.41) is 9.25. The minimum atomic E-state index is 0.0628. The third-order valence-electron chi connectivity index (χ3n) is 3.55. The van der Waals surface area contributed by atoms with E-state index in [1.807, 2.05) is 24.3 Å². The molecule has 0 unspecified atom stereocenters. The molecule has 0 spiro atoms. The summed E-state index contributed by atoms with van der Waals surface area (Å²) >= 11 is 4.63. The van der Waals surface area contributed by atoms with Gasteiger partial charge < -0.3 is 10.0 Å². The third-order valence-corrected chi connectivity index (χ3v) is 4.99. The lowest BCUT2D eigenvalue weighted by Gasteiger charge is -2.25. The Morgan fingerprint density at radius 1 is 0.609 bits per heavy atom. The standard InChI is InChI=1S/C19H15I2NO/c20-15-3-9-18(10-4-15)22(19-11-5-16(21)6-12-19)17-7-1-14(13-23)2-8-17/h1-12,23H,13H2. The Kier molecular flexibility index (Phi) is 5.55. The largest absolute Gasteiger partial charge is 0.392 e. The molecule has 3 rings (SSSR count). The van der Waals surface area contributed by atoms with Gasteiger partial charge in [-0.1, -0.05) is 12.1 Å². The van der Waals surface area contributed by atoms with E-state index in [4.69, 9.17) is 0 Å². The Morgan fingerprint density at radius 2 is 0.957 bits per heavy atom. The zero-order valence-corrected chi connectivity index (χ0v) is 16.6. The highest BCUT2D eigenvalue weighted by atomic mass is 127. The van der Waals surface area contributed by atoms with Crippen LogP contribution in [-0.2, 0) is 6.61 Å². The maximum Gasteiger partial charge on any atom is 0.0681 e. The van der Waals surface area contributed by atoms with E-state index in [0.717, 1.165) is 22.6 Å². The second-order valence-corrected chi connectivity index (χ2v) is 7.60. The van der Waals surface area contributed by atoms with Crippen molar-refractivity contribution in [1.82, 2.24) is 0 Å². The Bertz CT molecular complexity index is 722. The monoisotopic (exact) mass is 527 g/mol. The first-order chi connectivity index (χ1) is 11.2. The topological polar surface area (TPSA) is 23.5 Å². The lowest BCUT2D eigenvalue weighted by Crippen LogP contribution is -2.10. The lowest BCUT2D eigenvalue weighted by molar-refractivity contribution is 0.282. The predicted octanol–water partition coefficient (Wildman–Crippen LogP) is 5.86. The summed E-state index contributed by atoms with van der Waals surface area (Å²) in [5.74, 6) is 0. The van der Waals surface area contributed by atoms with E-state index in [2.05, 4.69) is 98.6 Å². The third kappa shape index (κ3) is 4.05. The molecule has 23 heavy (non-hydrogen) atoms. The van der Waals surface area contributed by atoms with E-state index in [1.165, 1.54) is 7.14 Å². The molecule has 116 valence electrons. The Balaban J connectivity index is 2.08. The minimum absolute atomic E-state index is 0.0628. The van der Waals surface area contributed by atoms with E-state index in [9.17, 15) is 5.11 Å². The van der Waals surface area contributed by atoms with Crippen LogP contribution in [0.3, 0.4) is 0 Å². The van der Waals surface area contributed by atoms with Crippen LogP contribution in [0.25, 0.3) is 0 Å². The molecule has 0 bridgehead atoms. The molecule has 0 aliphatic carbocycles. The SMILES string of the molecule is OCc1ccc(N(c2ccc(I)cc2)c2ccc(I)cc2)cc1. The van der Waals surface area contributed by atoms with Crippen LogP contribution < -0.4 is 4.90 Å². The van der Waals surface area contributed by atoms with Crippen LogP contribution in [0.5, 0.6) is 0 Å². The number of aliphatic hydroxyl groups excluding tert-OH is 1. The molecule has 0 aliphatic rings. The molecule has 3 aromatic rings. The average molecular weight is 527 g/mol. The van der Waals surface area contributed by atoms with Crippen molar-refractivity contribution in [2.75, 3.05) is 4.90 Å². The van der Waals surface area contributed by atoms with E-state index in [1.54, 1.807) is 0 Å². The summed E-state index contributed by atoms with van der Waals surface area (Å²) in [6.45, 7) is 0.0628. The molecule has 0 radical (unpaired) electrons. The molecule has 0 amide bonds. The molecule has 2 nitrogen and oxygen atoms in total. The Hall–Kier alpha value is -1.12. The van der Waals surface area contributed by atoms with Crippen molar-refractivity contribution >= 4 is 62.2 Å². The number of benzene rings is 3. The number of aliphatic hydroxyl groups is 1. The first kappa shape index (κ1) is 16.7. The molecular formula is C19H15I2NO. The first-order valence-corrected chi connectivity index (χ1v) is 9.34. The highest BCUT2D eigenvalue weighted by Crippen LogP contribution is 2.34. The number of hydrogen-bond acceptors (Lipinski definition) is 2. The molecule has 1 N–H and O–H groups in total. The minimum Gasteiger partial charge on any atom is -0.392 e. The highest BCUT2D eigenvalue weighted by Gasteiger charge is 2.12. The van der Waals surface area contributed by atoms with Gasteiger partial charge in [0.15, 0.2) is 0 Å². The fourth-order valence-corrected chi connectivity index (χ4v) is 3.10. The summed E-state index contributed by atoms with van der Waals surface area (Å²) in [4.78, 5) is 2.22. The van der Waals surface area contributed by atoms with E-state index >= 15 is 0 Å². The number of halogens is 2. The molecule has 0 saturated heterocycles. The summed E-state index contributed by atoms with van der Waals surface area (Å²) < 4.78 is 2.43. The van der Waals surface area contributed by atoms with Crippen LogP contribution in [-0.4, -0.2) is 5.11 Å². The normalized spacial score (nSPS) is 10.6. The van der Waals surface area contributed by atoms with Gasteiger partial charge in [0.2, 0.25) is 0 Å². The molecule has 4 heteroatoms. The molecule has 0 aromatic heterocycles. The van der Waals surface area contributed by atoms with Crippen molar-refractivity contribution < 1.29 is 5.11 Å². The van der Waals surface area contributed by atoms with Gasteiger partial charge in [0.05, 0.1) is 6.61 Å². The maximum atomic E-state index is 9.25. The summed E-state index contributed by atoms with van der Waals surface area (Å²) in [7, 11) is 0. The maximum absolute atomic E-state index is 9.25. The van der Waals surface area contributed by atoms with Crippen molar-refractivity contribution in [2.45, 2.75) is 6.61 Å². The summed E-state index contributed by atoms with van der Waals surface area (Å²) in [6, 6.07) is 24.9. The van der Waals surface area contributed by atoms with Gasteiger partial charge in [-0.15, -0.1) is 0 Å². The van der Waals surface area contributed by atoms with Crippen molar-refractivity contribution in [3.63, 3.8) is 0 Å². The van der Waals surface area contributed by atoms with Crippen molar-refractivity contribution in [1.29, 1.82) is 0 Å². The smallest absolute Gasteiger partial charge is 0.0681 e. The summed E-state index contributed by atoms with van der Waals surface area (Å²) in [5.41, 5.74) is 4.22. The molecule has 0 heterocycles. The average Bonchev–Trinajstić information content (AvgIpc) is 2.59. The van der Waals surface area contributed by atoms with E-state index in [-0.39, 0.29) is 6.61 Å². The van der Waals surface area contributed by atoms with Gasteiger partial charge in [0, 0.05) is 24.2 Å². The number of anilines is 3. The zero-order chi connectivity index (χ0) is 16.2. The molecule has 0 atom stereocenters. The molecule has 3 aromatic carbocycles. The van der Waals surface area contributed by atoms with Crippen molar-refractivity contribution in [2.24, 2.45) is 0 Å². The van der Waals surface area contributed by atoms with Gasteiger partial charge in [-0.2, -0.15) is 0 Å². The molecular weight excluding hydrogens is 512 g/mol. The second-order valence-electron chi connectivity index (χ2n) is 5.11. The Morgan fingerprint density at radius 3 is 1.30 bits per heavy atom. The van der Waals surface area contributed by atoms with Crippen molar-refractivity contribution in [3.05, 3.63) is 85.5 Å². The lowest BCUT2D eigenvalue weighted by atomic mass is 10.1. The van der Waals surface area contributed by atoms with Gasteiger partial charge >= 0.3 is 0 Å². The van der Waals surface area contributed by atoms with Crippen LogP contribution in [0, 0.1) is 7.14 Å². The highest BCUT2D eigenvalue weighted by molar-refractivity contribution is 14.1.